The van der Waals surface area contributed by atoms with Gasteiger partial charge in [-0.05, 0) is 19.8 Å². The van der Waals surface area contributed by atoms with E-state index in [1.807, 2.05) is 0 Å². The third-order valence-electron chi connectivity index (χ3n) is 3.72. The van der Waals surface area contributed by atoms with Crippen LogP contribution in [-0.2, 0) is 14.2 Å². The van der Waals surface area contributed by atoms with Crippen molar-refractivity contribution < 1.29 is 14.2 Å². The van der Waals surface area contributed by atoms with Gasteiger partial charge in [-0.25, -0.2) is 0 Å². The number of methoxy groups -OCH3 is 2. The molecule has 0 spiro atoms. The molecule has 0 aromatic rings. The summed E-state index contributed by atoms with van der Waals surface area (Å²) in [5, 5.41) is 0. The van der Waals surface area contributed by atoms with E-state index in [1.54, 1.807) is 14.2 Å². The number of hydrogen-bond acceptors (Lipinski definition) is 3. The molecule has 1 saturated heterocycles. The predicted octanol–water partition coefficient (Wildman–Crippen LogP) is 1.95. The van der Waals surface area contributed by atoms with Crippen molar-refractivity contribution >= 4 is 0 Å². The maximum atomic E-state index is 5.96. The molecule has 82 valence electrons. The fourth-order valence-corrected chi connectivity index (χ4v) is 3.00. The molecule has 1 saturated carbocycles. The molecule has 2 aliphatic rings. The van der Waals surface area contributed by atoms with Crippen molar-refractivity contribution in [2.75, 3.05) is 14.2 Å². The highest BCUT2D eigenvalue weighted by Crippen LogP contribution is 2.45. The Morgan fingerprint density at radius 3 is 2.71 bits per heavy atom. The first-order chi connectivity index (χ1) is 6.73. The van der Waals surface area contributed by atoms with E-state index in [-0.39, 0.29) is 12.2 Å². The summed E-state index contributed by atoms with van der Waals surface area (Å²) in [7, 11) is 3.49. The molecule has 2 bridgehead atoms. The van der Waals surface area contributed by atoms with Crippen molar-refractivity contribution in [1.82, 2.24) is 0 Å². The van der Waals surface area contributed by atoms with E-state index < -0.39 is 5.79 Å². The average molecular weight is 200 g/mol. The van der Waals surface area contributed by atoms with Crippen LogP contribution in [0.25, 0.3) is 0 Å². The highest BCUT2D eigenvalue weighted by Gasteiger charge is 2.55. The molecular formula is C11H20O3. The summed E-state index contributed by atoms with van der Waals surface area (Å²) in [6.07, 6.45) is 4.98. The molecule has 2 rings (SSSR count). The lowest BCUT2D eigenvalue weighted by Crippen LogP contribution is -2.43. The van der Waals surface area contributed by atoms with Gasteiger partial charge in [0.05, 0.1) is 6.10 Å². The molecule has 3 heteroatoms. The lowest BCUT2D eigenvalue weighted by molar-refractivity contribution is -0.250. The number of hydrogen-bond donors (Lipinski definition) is 0. The van der Waals surface area contributed by atoms with E-state index >= 15 is 0 Å². The van der Waals surface area contributed by atoms with Crippen LogP contribution in [0.15, 0.2) is 0 Å². The summed E-state index contributed by atoms with van der Waals surface area (Å²) in [5.74, 6) is 0.0393. The zero-order valence-electron chi connectivity index (χ0n) is 9.29. The van der Waals surface area contributed by atoms with E-state index in [1.165, 1.54) is 19.3 Å². The molecule has 14 heavy (non-hydrogen) atoms. The van der Waals surface area contributed by atoms with E-state index in [0.717, 1.165) is 6.42 Å². The Hall–Kier alpha value is -0.120. The molecule has 4 atom stereocenters. The van der Waals surface area contributed by atoms with Crippen LogP contribution in [0.5, 0.6) is 0 Å². The Balaban J connectivity index is 2.26. The minimum Gasteiger partial charge on any atom is -0.375 e. The van der Waals surface area contributed by atoms with Gasteiger partial charge in [0.2, 0.25) is 0 Å². The first-order valence-electron chi connectivity index (χ1n) is 5.49. The molecule has 1 heterocycles. The number of fused-ring (bicyclic) bond motifs is 2. The Labute approximate surface area is 85.7 Å². The van der Waals surface area contributed by atoms with Gasteiger partial charge in [-0.1, -0.05) is 6.42 Å². The summed E-state index contributed by atoms with van der Waals surface area (Å²) < 4.78 is 17.1. The lowest BCUT2D eigenvalue weighted by atomic mass is 9.93. The highest BCUT2D eigenvalue weighted by atomic mass is 16.7. The molecule has 0 radical (unpaired) electrons. The lowest BCUT2D eigenvalue weighted by Gasteiger charge is -2.31. The topological polar surface area (TPSA) is 27.7 Å². The fraction of sp³-hybridized carbons (Fsp3) is 1.00. The largest absolute Gasteiger partial charge is 0.375 e. The van der Waals surface area contributed by atoms with Crippen molar-refractivity contribution in [3.05, 3.63) is 0 Å². The standard InChI is InChI=1S/C11H20O3/c1-8-9-6-4-5-7-11(13-3,14-8)10(9)12-2/h8-10H,4-7H2,1-3H3. The van der Waals surface area contributed by atoms with Gasteiger partial charge in [0.25, 0.3) is 0 Å². The third-order valence-corrected chi connectivity index (χ3v) is 3.72. The van der Waals surface area contributed by atoms with Crippen LogP contribution >= 0.6 is 0 Å². The van der Waals surface area contributed by atoms with Gasteiger partial charge in [0.1, 0.15) is 6.10 Å². The summed E-state index contributed by atoms with van der Waals surface area (Å²) in [6, 6.07) is 0. The molecular weight excluding hydrogens is 180 g/mol. The molecule has 0 amide bonds. The first-order valence-corrected chi connectivity index (χ1v) is 5.49. The average Bonchev–Trinajstić information content (AvgIpc) is 2.33. The summed E-state index contributed by atoms with van der Waals surface area (Å²) >= 11 is 0. The molecule has 1 aliphatic carbocycles. The number of ether oxygens (including phenoxy) is 3. The minimum absolute atomic E-state index is 0.116. The fourth-order valence-electron chi connectivity index (χ4n) is 3.00. The smallest absolute Gasteiger partial charge is 0.195 e. The van der Waals surface area contributed by atoms with Gasteiger partial charge in [0.15, 0.2) is 5.79 Å². The van der Waals surface area contributed by atoms with E-state index in [2.05, 4.69) is 6.92 Å². The molecule has 3 nitrogen and oxygen atoms in total. The van der Waals surface area contributed by atoms with E-state index in [4.69, 9.17) is 14.2 Å². The zero-order chi connectivity index (χ0) is 10.2. The minimum atomic E-state index is -0.463. The molecule has 0 aromatic heterocycles. The summed E-state index contributed by atoms with van der Waals surface area (Å²) in [6.45, 7) is 2.13. The molecule has 0 N–H and O–H groups in total. The van der Waals surface area contributed by atoms with Gasteiger partial charge in [-0.15, -0.1) is 0 Å². The monoisotopic (exact) mass is 200 g/mol. The normalized spacial score (nSPS) is 47.8. The Morgan fingerprint density at radius 2 is 2.07 bits per heavy atom. The molecule has 2 fully saturated rings. The third kappa shape index (κ3) is 1.38. The highest BCUT2D eigenvalue weighted by molar-refractivity contribution is 4.97. The molecule has 1 aliphatic heterocycles. The Kier molecular flexibility index (Phi) is 2.82. The van der Waals surface area contributed by atoms with Crippen molar-refractivity contribution in [2.45, 2.75) is 50.6 Å². The second kappa shape index (κ2) is 3.80. The van der Waals surface area contributed by atoms with Crippen molar-refractivity contribution in [3.8, 4) is 0 Å². The van der Waals surface area contributed by atoms with Crippen LogP contribution in [0.2, 0.25) is 0 Å². The van der Waals surface area contributed by atoms with Gasteiger partial charge in [0, 0.05) is 26.6 Å². The molecule has 0 aromatic carbocycles. The van der Waals surface area contributed by atoms with Crippen molar-refractivity contribution in [3.63, 3.8) is 0 Å². The van der Waals surface area contributed by atoms with E-state index in [0.29, 0.717) is 5.92 Å². The Morgan fingerprint density at radius 1 is 1.29 bits per heavy atom. The quantitative estimate of drug-likeness (QED) is 0.682. The molecule has 4 unspecified atom stereocenters. The van der Waals surface area contributed by atoms with Gasteiger partial charge >= 0.3 is 0 Å². The van der Waals surface area contributed by atoms with Crippen LogP contribution in [0.3, 0.4) is 0 Å². The van der Waals surface area contributed by atoms with Crippen molar-refractivity contribution in [1.29, 1.82) is 0 Å². The van der Waals surface area contributed by atoms with Crippen LogP contribution in [-0.4, -0.2) is 32.2 Å². The summed E-state index contributed by atoms with van der Waals surface area (Å²) in [4.78, 5) is 0. The van der Waals surface area contributed by atoms with Gasteiger partial charge in [-0.2, -0.15) is 0 Å². The van der Waals surface area contributed by atoms with Gasteiger partial charge < -0.3 is 14.2 Å². The Bertz CT molecular complexity index is 207. The number of rotatable bonds is 2. The van der Waals surface area contributed by atoms with Crippen molar-refractivity contribution in [2.24, 2.45) is 5.92 Å². The van der Waals surface area contributed by atoms with Crippen LogP contribution in [0, 0.1) is 5.92 Å². The SMILES string of the molecule is COC1C2CCCCC1(OC)OC2C. The first kappa shape index (κ1) is 10.4. The maximum Gasteiger partial charge on any atom is 0.195 e. The summed E-state index contributed by atoms with van der Waals surface area (Å²) in [5.41, 5.74) is 0. The van der Waals surface area contributed by atoms with E-state index in [9.17, 15) is 0 Å². The van der Waals surface area contributed by atoms with Crippen LogP contribution in [0.4, 0.5) is 0 Å². The maximum absolute atomic E-state index is 5.96. The second-order valence-corrected chi connectivity index (χ2v) is 4.40. The second-order valence-electron chi connectivity index (χ2n) is 4.40. The van der Waals surface area contributed by atoms with Gasteiger partial charge in [-0.3, -0.25) is 0 Å². The zero-order valence-corrected chi connectivity index (χ0v) is 9.29. The predicted molar refractivity (Wildman–Crippen MR) is 53.0 cm³/mol. The van der Waals surface area contributed by atoms with Crippen LogP contribution < -0.4 is 0 Å². The van der Waals surface area contributed by atoms with Crippen LogP contribution in [0.1, 0.15) is 32.6 Å².